The van der Waals surface area contributed by atoms with Crippen molar-refractivity contribution in [2.24, 2.45) is 5.92 Å². The molecule has 5 heteroatoms. The van der Waals surface area contributed by atoms with Crippen LogP contribution in [0.4, 0.5) is 0 Å². The van der Waals surface area contributed by atoms with E-state index in [2.05, 4.69) is 31.1 Å². The normalized spacial score (nSPS) is 12.9. The third-order valence-electron chi connectivity index (χ3n) is 3.21. The summed E-state index contributed by atoms with van der Waals surface area (Å²) in [7, 11) is 0. The molecule has 2 N–H and O–H groups in total. The van der Waals surface area contributed by atoms with E-state index in [-0.39, 0.29) is 11.2 Å². The molecule has 108 valence electrons. The van der Waals surface area contributed by atoms with Crippen LogP contribution in [0.5, 0.6) is 0 Å². The lowest BCUT2D eigenvalue weighted by Crippen LogP contribution is -2.35. The summed E-state index contributed by atoms with van der Waals surface area (Å²) in [5.74, 6) is 0.716. The van der Waals surface area contributed by atoms with Crippen molar-refractivity contribution in [2.45, 2.75) is 53.1 Å². The topological polar surface area (TPSA) is 66.9 Å². The zero-order valence-electron chi connectivity index (χ0n) is 12.3. The van der Waals surface area contributed by atoms with Gasteiger partial charge in [-0.15, -0.1) is 0 Å². The highest BCUT2D eigenvalue weighted by molar-refractivity contribution is 5.00. The van der Waals surface area contributed by atoms with Gasteiger partial charge in [-0.05, 0) is 32.6 Å². The second kappa shape index (κ2) is 7.28. The average molecular weight is 267 g/mol. The summed E-state index contributed by atoms with van der Waals surface area (Å²) < 4.78 is 1.54. The van der Waals surface area contributed by atoms with E-state index in [1.807, 2.05) is 0 Å². The van der Waals surface area contributed by atoms with Gasteiger partial charge < -0.3 is 5.32 Å². The highest BCUT2D eigenvalue weighted by Crippen LogP contribution is 2.05. The Kier molecular flexibility index (Phi) is 6.02. The van der Waals surface area contributed by atoms with Crippen LogP contribution >= 0.6 is 0 Å². The SMILES string of the molecule is Cc1cn(CCNC(C)CCC(C)C)c(=O)[nH]c1=O. The predicted molar refractivity (Wildman–Crippen MR) is 77.6 cm³/mol. The second-order valence-electron chi connectivity index (χ2n) is 5.59. The van der Waals surface area contributed by atoms with E-state index >= 15 is 0 Å². The molecule has 0 aromatic carbocycles. The highest BCUT2D eigenvalue weighted by Gasteiger charge is 2.04. The van der Waals surface area contributed by atoms with Gasteiger partial charge in [-0.1, -0.05) is 13.8 Å². The minimum atomic E-state index is -0.341. The number of aryl methyl sites for hydroxylation is 1. The van der Waals surface area contributed by atoms with Crippen LogP contribution < -0.4 is 16.6 Å². The third-order valence-corrected chi connectivity index (χ3v) is 3.21. The van der Waals surface area contributed by atoms with Crippen LogP contribution in [0.15, 0.2) is 15.8 Å². The van der Waals surface area contributed by atoms with Crippen molar-refractivity contribution in [1.29, 1.82) is 0 Å². The van der Waals surface area contributed by atoms with Crippen LogP contribution in [0.1, 0.15) is 39.2 Å². The molecule has 1 aromatic heterocycles. The number of H-pyrrole nitrogens is 1. The maximum atomic E-state index is 11.6. The minimum absolute atomic E-state index is 0.306. The second-order valence-corrected chi connectivity index (χ2v) is 5.59. The van der Waals surface area contributed by atoms with Gasteiger partial charge in [0.25, 0.3) is 5.56 Å². The van der Waals surface area contributed by atoms with Crippen molar-refractivity contribution in [1.82, 2.24) is 14.9 Å². The number of aromatic nitrogens is 2. The van der Waals surface area contributed by atoms with Crippen molar-refractivity contribution >= 4 is 0 Å². The molecular formula is C14H25N3O2. The van der Waals surface area contributed by atoms with Gasteiger partial charge in [-0.25, -0.2) is 4.79 Å². The van der Waals surface area contributed by atoms with Crippen molar-refractivity contribution in [2.75, 3.05) is 6.54 Å². The number of nitrogens with one attached hydrogen (secondary N) is 2. The minimum Gasteiger partial charge on any atom is -0.312 e. The summed E-state index contributed by atoms with van der Waals surface area (Å²) in [6.07, 6.45) is 3.95. The van der Waals surface area contributed by atoms with Crippen molar-refractivity contribution < 1.29 is 0 Å². The third kappa shape index (κ3) is 5.42. The summed E-state index contributed by atoms with van der Waals surface area (Å²) in [4.78, 5) is 25.1. The van der Waals surface area contributed by atoms with Crippen molar-refractivity contribution in [3.05, 3.63) is 32.6 Å². The molecule has 1 atom stereocenters. The van der Waals surface area contributed by atoms with Gasteiger partial charge in [-0.2, -0.15) is 0 Å². The lowest BCUT2D eigenvalue weighted by Gasteiger charge is -2.15. The van der Waals surface area contributed by atoms with Gasteiger partial charge in [0.05, 0.1) is 0 Å². The van der Waals surface area contributed by atoms with E-state index in [4.69, 9.17) is 0 Å². The standard InChI is InChI=1S/C14H25N3O2/c1-10(2)5-6-12(4)15-7-8-17-9-11(3)13(18)16-14(17)19/h9-10,12,15H,5-8H2,1-4H3,(H,16,18,19). The van der Waals surface area contributed by atoms with Crippen LogP contribution in [-0.2, 0) is 6.54 Å². The number of hydrogen-bond donors (Lipinski definition) is 2. The van der Waals surface area contributed by atoms with E-state index in [9.17, 15) is 9.59 Å². The molecule has 0 aliphatic carbocycles. The number of aromatic amines is 1. The highest BCUT2D eigenvalue weighted by atomic mass is 16.2. The molecule has 1 rings (SSSR count). The molecule has 5 nitrogen and oxygen atoms in total. The summed E-state index contributed by atoms with van der Waals surface area (Å²) in [5, 5.41) is 3.40. The summed E-state index contributed by atoms with van der Waals surface area (Å²) in [5.41, 5.74) is -0.0841. The fourth-order valence-electron chi connectivity index (χ4n) is 1.90. The first kappa shape index (κ1) is 15.7. The molecule has 0 aliphatic rings. The van der Waals surface area contributed by atoms with Gasteiger partial charge in [0, 0.05) is 30.9 Å². The Bertz CT molecular complexity index is 502. The smallest absolute Gasteiger partial charge is 0.312 e. The van der Waals surface area contributed by atoms with Gasteiger partial charge >= 0.3 is 5.69 Å². The zero-order valence-corrected chi connectivity index (χ0v) is 12.3. The van der Waals surface area contributed by atoms with Crippen LogP contribution in [-0.4, -0.2) is 22.1 Å². The largest absolute Gasteiger partial charge is 0.328 e. The summed E-state index contributed by atoms with van der Waals surface area (Å²) in [6, 6.07) is 0.446. The van der Waals surface area contributed by atoms with E-state index < -0.39 is 0 Å². The van der Waals surface area contributed by atoms with E-state index in [1.54, 1.807) is 17.7 Å². The Labute approximate surface area is 114 Å². The maximum absolute atomic E-state index is 11.6. The Hall–Kier alpha value is -1.36. The van der Waals surface area contributed by atoms with Crippen LogP contribution in [0, 0.1) is 12.8 Å². The monoisotopic (exact) mass is 267 g/mol. The fraction of sp³-hybridized carbons (Fsp3) is 0.714. The lowest BCUT2D eigenvalue weighted by molar-refractivity contribution is 0.438. The van der Waals surface area contributed by atoms with Crippen molar-refractivity contribution in [3.8, 4) is 0 Å². The quantitative estimate of drug-likeness (QED) is 0.781. The maximum Gasteiger partial charge on any atom is 0.328 e. The molecule has 0 amide bonds. The molecule has 0 saturated carbocycles. The average Bonchev–Trinajstić information content (AvgIpc) is 2.33. The molecule has 0 radical (unpaired) electrons. The zero-order chi connectivity index (χ0) is 14.4. The van der Waals surface area contributed by atoms with Gasteiger partial charge in [0.1, 0.15) is 0 Å². The Morgan fingerprint density at radius 2 is 1.95 bits per heavy atom. The molecule has 19 heavy (non-hydrogen) atoms. The molecule has 0 spiro atoms. The van der Waals surface area contributed by atoms with E-state index in [0.717, 1.165) is 13.0 Å². The van der Waals surface area contributed by atoms with Gasteiger partial charge in [-0.3, -0.25) is 14.3 Å². The summed E-state index contributed by atoms with van der Waals surface area (Å²) >= 11 is 0. The van der Waals surface area contributed by atoms with Crippen LogP contribution in [0.3, 0.4) is 0 Å². The first-order chi connectivity index (χ1) is 8.90. The number of nitrogens with zero attached hydrogens (tertiary/aromatic N) is 1. The summed E-state index contributed by atoms with van der Waals surface area (Å²) in [6.45, 7) is 9.59. The molecule has 0 bridgehead atoms. The van der Waals surface area contributed by atoms with E-state index in [1.165, 1.54) is 6.42 Å². The fourth-order valence-corrected chi connectivity index (χ4v) is 1.90. The Balaban J connectivity index is 2.43. The first-order valence-corrected chi connectivity index (χ1v) is 6.94. The number of rotatable bonds is 7. The molecule has 1 aromatic rings. The predicted octanol–water partition coefficient (Wildman–Crippen LogP) is 1.26. The molecule has 0 fully saturated rings. The van der Waals surface area contributed by atoms with E-state index in [0.29, 0.717) is 24.1 Å². The van der Waals surface area contributed by atoms with Crippen LogP contribution in [0.25, 0.3) is 0 Å². The number of hydrogen-bond acceptors (Lipinski definition) is 3. The molecule has 1 heterocycles. The van der Waals surface area contributed by atoms with Gasteiger partial charge in [0.15, 0.2) is 0 Å². The molecule has 0 aliphatic heterocycles. The Morgan fingerprint density at radius 3 is 2.58 bits per heavy atom. The molecular weight excluding hydrogens is 242 g/mol. The molecule has 1 unspecified atom stereocenters. The van der Waals surface area contributed by atoms with Crippen molar-refractivity contribution in [3.63, 3.8) is 0 Å². The van der Waals surface area contributed by atoms with Gasteiger partial charge in [0.2, 0.25) is 0 Å². The van der Waals surface area contributed by atoms with Crippen LogP contribution in [0.2, 0.25) is 0 Å². The Morgan fingerprint density at radius 1 is 1.26 bits per heavy atom. The molecule has 0 saturated heterocycles. The first-order valence-electron chi connectivity index (χ1n) is 6.94. The lowest BCUT2D eigenvalue weighted by atomic mass is 10.0.